The van der Waals surface area contributed by atoms with E-state index < -0.39 is 4.92 Å². The van der Waals surface area contributed by atoms with Gasteiger partial charge in [-0.2, -0.15) is 0 Å². The van der Waals surface area contributed by atoms with E-state index in [9.17, 15) is 14.9 Å². The van der Waals surface area contributed by atoms with E-state index in [2.05, 4.69) is 10.3 Å². The first-order valence-electron chi connectivity index (χ1n) is 5.11. The van der Waals surface area contributed by atoms with Gasteiger partial charge in [-0.3, -0.25) is 4.79 Å². The van der Waals surface area contributed by atoms with E-state index in [-0.39, 0.29) is 11.7 Å². The zero-order valence-electron chi connectivity index (χ0n) is 9.42. The van der Waals surface area contributed by atoms with Gasteiger partial charge in [-0.15, -0.1) is 0 Å². The van der Waals surface area contributed by atoms with Crippen molar-refractivity contribution in [1.29, 1.82) is 0 Å². The number of aromatic nitrogens is 1. The summed E-state index contributed by atoms with van der Waals surface area (Å²) in [4.78, 5) is 24.4. The Morgan fingerprint density at radius 2 is 2.41 bits per heavy atom. The van der Waals surface area contributed by atoms with Crippen molar-refractivity contribution in [2.24, 2.45) is 0 Å². The van der Waals surface area contributed by atoms with Crippen LogP contribution >= 0.6 is 0 Å². The fraction of sp³-hybridized carbons (Fsp3) is 0.273. The summed E-state index contributed by atoms with van der Waals surface area (Å²) in [6.07, 6.45) is 5.39. The maximum absolute atomic E-state index is 10.7. The number of carbonyl (C=O) groups excluding carboxylic acids is 1. The van der Waals surface area contributed by atoms with Crippen LogP contribution < -0.4 is 5.32 Å². The van der Waals surface area contributed by atoms with Gasteiger partial charge in [0.05, 0.1) is 5.56 Å². The Morgan fingerprint density at radius 3 is 3.06 bits per heavy atom. The molecule has 0 saturated heterocycles. The van der Waals surface area contributed by atoms with Crippen molar-refractivity contribution in [3.8, 4) is 0 Å². The van der Waals surface area contributed by atoms with Crippen LogP contribution in [0.1, 0.15) is 18.9 Å². The maximum Gasteiger partial charge on any atom is 0.370 e. The molecule has 0 spiro atoms. The third kappa shape index (κ3) is 4.42. The van der Waals surface area contributed by atoms with E-state index in [0.717, 1.165) is 0 Å². The molecule has 0 atom stereocenters. The number of carbonyl (C=O) groups is 1. The number of nitrogens with zero attached hydrogens (tertiary/aromatic N) is 2. The molecule has 0 aliphatic heterocycles. The van der Waals surface area contributed by atoms with Crippen LogP contribution in [0.2, 0.25) is 0 Å². The molecule has 6 heteroatoms. The monoisotopic (exact) mass is 235 g/mol. The molecular formula is C11H13N3O3. The first-order valence-corrected chi connectivity index (χ1v) is 5.11. The minimum atomic E-state index is -0.520. The molecule has 6 nitrogen and oxygen atoms in total. The minimum Gasteiger partial charge on any atom is -0.358 e. The SMILES string of the molecule is CC(=O)NCCC=Cc1cccnc1[N+](=O)[O-]. The molecule has 0 aromatic carbocycles. The molecule has 0 saturated carbocycles. The number of hydrogen-bond acceptors (Lipinski definition) is 4. The molecule has 0 unspecified atom stereocenters. The zero-order valence-corrected chi connectivity index (χ0v) is 9.42. The van der Waals surface area contributed by atoms with Gasteiger partial charge in [0.25, 0.3) is 0 Å². The molecule has 1 N–H and O–H groups in total. The number of hydrogen-bond donors (Lipinski definition) is 1. The predicted octanol–water partition coefficient (Wildman–Crippen LogP) is 1.53. The molecule has 1 aromatic heterocycles. The highest BCUT2D eigenvalue weighted by Gasteiger charge is 2.10. The van der Waals surface area contributed by atoms with Crippen LogP contribution in [0.15, 0.2) is 24.4 Å². The van der Waals surface area contributed by atoms with Gasteiger partial charge in [-0.1, -0.05) is 12.2 Å². The van der Waals surface area contributed by atoms with E-state index in [1.54, 1.807) is 24.3 Å². The fourth-order valence-electron chi connectivity index (χ4n) is 1.23. The summed E-state index contributed by atoms with van der Waals surface area (Å²) >= 11 is 0. The van der Waals surface area contributed by atoms with Crippen LogP contribution in [-0.2, 0) is 4.79 Å². The van der Waals surface area contributed by atoms with Gasteiger partial charge in [-0.05, 0) is 28.5 Å². The zero-order chi connectivity index (χ0) is 12.7. The Hall–Kier alpha value is -2.24. The van der Waals surface area contributed by atoms with Gasteiger partial charge < -0.3 is 15.4 Å². The number of pyridine rings is 1. The first-order chi connectivity index (χ1) is 8.11. The molecule has 1 aromatic rings. The second-order valence-electron chi connectivity index (χ2n) is 3.35. The normalized spacial score (nSPS) is 10.4. The van der Waals surface area contributed by atoms with Crippen LogP contribution in [0, 0.1) is 10.1 Å². The third-order valence-electron chi connectivity index (χ3n) is 1.97. The minimum absolute atomic E-state index is 0.0919. The van der Waals surface area contributed by atoms with E-state index in [1.165, 1.54) is 13.1 Å². The molecule has 1 heterocycles. The standard InChI is InChI=1S/C11H13N3O3/c1-9(15)12-7-3-2-5-10-6-4-8-13-11(10)14(16)17/h2,4-6,8H,3,7H2,1H3,(H,12,15). The van der Waals surface area contributed by atoms with Crippen molar-refractivity contribution < 1.29 is 9.72 Å². The largest absolute Gasteiger partial charge is 0.370 e. The van der Waals surface area contributed by atoms with Crippen molar-refractivity contribution in [1.82, 2.24) is 10.3 Å². The average Bonchev–Trinajstić information content (AvgIpc) is 2.28. The number of nitro groups is 1. The highest BCUT2D eigenvalue weighted by molar-refractivity contribution is 5.72. The van der Waals surface area contributed by atoms with E-state index in [0.29, 0.717) is 18.5 Å². The van der Waals surface area contributed by atoms with Crippen molar-refractivity contribution >= 4 is 17.8 Å². The lowest BCUT2D eigenvalue weighted by Gasteiger charge is -1.98. The van der Waals surface area contributed by atoms with E-state index in [1.807, 2.05) is 0 Å². The molecular weight excluding hydrogens is 222 g/mol. The molecule has 0 fully saturated rings. The predicted molar refractivity (Wildman–Crippen MR) is 63.2 cm³/mol. The summed E-state index contributed by atoms with van der Waals surface area (Å²) in [5, 5.41) is 13.3. The van der Waals surface area contributed by atoms with Crippen LogP contribution in [0.4, 0.5) is 5.82 Å². The number of rotatable bonds is 5. The molecule has 17 heavy (non-hydrogen) atoms. The first kappa shape index (κ1) is 12.8. The van der Waals surface area contributed by atoms with Gasteiger partial charge in [0, 0.05) is 13.5 Å². The van der Waals surface area contributed by atoms with Gasteiger partial charge in [-0.25, -0.2) is 0 Å². The summed E-state index contributed by atoms with van der Waals surface area (Å²) in [6, 6.07) is 3.26. The summed E-state index contributed by atoms with van der Waals surface area (Å²) < 4.78 is 0. The molecule has 0 aliphatic carbocycles. The Morgan fingerprint density at radius 1 is 1.65 bits per heavy atom. The smallest absolute Gasteiger partial charge is 0.358 e. The molecule has 90 valence electrons. The fourth-order valence-corrected chi connectivity index (χ4v) is 1.23. The second-order valence-corrected chi connectivity index (χ2v) is 3.35. The Labute approximate surface area is 98.5 Å². The summed E-state index contributed by atoms with van der Waals surface area (Å²) in [7, 11) is 0. The number of amides is 1. The highest BCUT2D eigenvalue weighted by atomic mass is 16.6. The van der Waals surface area contributed by atoms with Gasteiger partial charge in [0.1, 0.15) is 6.20 Å². The molecule has 1 amide bonds. The Kier molecular flexibility index (Phi) is 4.80. The Bertz CT molecular complexity index is 443. The van der Waals surface area contributed by atoms with Gasteiger partial charge in [0.2, 0.25) is 5.91 Å². The van der Waals surface area contributed by atoms with E-state index in [4.69, 9.17) is 0 Å². The topological polar surface area (TPSA) is 85.1 Å². The van der Waals surface area contributed by atoms with Crippen molar-refractivity contribution in [2.75, 3.05) is 6.54 Å². The number of nitrogens with one attached hydrogen (secondary N) is 1. The summed E-state index contributed by atoms with van der Waals surface area (Å²) in [5.41, 5.74) is 0.459. The summed E-state index contributed by atoms with van der Waals surface area (Å²) in [6.45, 7) is 1.95. The molecule has 1 rings (SSSR count). The van der Waals surface area contributed by atoms with E-state index >= 15 is 0 Å². The van der Waals surface area contributed by atoms with Crippen molar-refractivity contribution in [3.05, 3.63) is 40.1 Å². The summed E-state index contributed by atoms with van der Waals surface area (Å²) in [5.74, 6) is -0.256. The van der Waals surface area contributed by atoms with Gasteiger partial charge in [0.15, 0.2) is 0 Å². The van der Waals surface area contributed by atoms with Crippen molar-refractivity contribution in [3.63, 3.8) is 0 Å². The van der Waals surface area contributed by atoms with Crippen LogP contribution in [-0.4, -0.2) is 22.4 Å². The lowest BCUT2D eigenvalue weighted by Crippen LogP contribution is -2.20. The van der Waals surface area contributed by atoms with Crippen molar-refractivity contribution in [2.45, 2.75) is 13.3 Å². The van der Waals surface area contributed by atoms with Gasteiger partial charge >= 0.3 is 5.82 Å². The Balaban J connectivity index is 2.59. The lowest BCUT2D eigenvalue weighted by atomic mass is 10.2. The molecule has 0 aliphatic rings. The third-order valence-corrected chi connectivity index (χ3v) is 1.97. The molecule has 0 radical (unpaired) electrons. The van der Waals surface area contributed by atoms with Crippen LogP contribution in [0.5, 0.6) is 0 Å². The molecule has 0 bridgehead atoms. The maximum atomic E-state index is 10.7. The lowest BCUT2D eigenvalue weighted by molar-refractivity contribution is -0.389. The second kappa shape index (κ2) is 6.37. The average molecular weight is 235 g/mol. The highest BCUT2D eigenvalue weighted by Crippen LogP contribution is 2.15. The van der Waals surface area contributed by atoms with Crippen LogP contribution in [0.3, 0.4) is 0 Å². The van der Waals surface area contributed by atoms with Crippen LogP contribution in [0.25, 0.3) is 6.08 Å². The quantitative estimate of drug-likeness (QED) is 0.476.